The van der Waals surface area contributed by atoms with Gasteiger partial charge in [-0.25, -0.2) is 4.99 Å². The lowest BCUT2D eigenvalue weighted by atomic mass is 10.0. The number of hydrogen-bond donors (Lipinski definition) is 1. The number of allylic oxidation sites excluding steroid dienone is 3. The third-order valence-corrected chi connectivity index (χ3v) is 3.38. The molecule has 0 aromatic heterocycles. The molecule has 1 fully saturated rings. The van der Waals surface area contributed by atoms with Crippen molar-refractivity contribution in [1.29, 1.82) is 0 Å². The molecule has 0 spiro atoms. The van der Waals surface area contributed by atoms with Gasteiger partial charge in [0.05, 0.1) is 11.2 Å². The van der Waals surface area contributed by atoms with Crippen LogP contribution in [0.2, 0.25) is 0 Å². The first kappa shape index (κ1) is 14.1. The van der Waals surface area contributed by atoms with Gasteiger partial charge in [-0.15, -0.1) is 12.6 Å². The summed E-state index contributed by atoms with van der Waals surface area (Å²) in [6, 6.07) is 0. The molecule has 0 N–H and O–H groups in total. The van der Waals surface area contributed by atoms with E-state index in [1.807, 2.05) is 13.0 Å². The monoisotopic (exact) mass is 250 g/mol. The molecule has 0 aromatic carbocycles. The number of aliphatic imine (C=N–C) groups is 1. The molecule has 1 aliphatic rings. The van der Waals surface area contributed by atoms with Crippen LogP contribution in [0.5, 0.6) is 0 Å². The van der Waals surface area contributed by atoms with E-state index in [4.69, 9.17) is 0 Å². The second-order valence-electron chi connectivity index (χ2n) is 4.53. The van der Waals surface area contributed by atoms with E-state index >= 15 is 0 Å². The number of thiol groups is 1. The fraction of sp³-hybridized carbons (Fsp3) is 0.500. The van der Waals surface area contributed by atoms with E-state index in [1.165, 1.54) is 24.0 Å². The molecule has 17 heavy (non-hydrogen) atoms. The molecule has 0 aromatic rings. The molecular weight excluding hydrogens is 228 g/mol. The second kappa shape index (κ2) is 6.70. The summed E-state index contributed by atoms with van der Waals surface area (Å²) in [4.78, 5) is 6.51. The predicted molar refractivity (Wildman–Crippen MR) is 79.6 cm³/mol. The molecule has 1 saturated heterocycles. The van der Waals surface area contributed by atoms with Crippen molar-refractivity contribution < 1.29 is 0 Å². The summed E-state index contributed by atoms with van der Waals surface area (Å²) in [5.41, 5.74) is 3.93. The first-order valence-corrected chi connectivity index (χ1v) is 6.47. The van der Waals surface area contributed by atoms with Gasteiger partial charge in [0.1, 0.15) is 0 Å². The maximum atomic E-state index is 4.23. The van der Waals surface area contributed by atoms with Crippen LogP contribution in [0.3, 0.4) is 0 Å². The number of nitrogens with zero attached hydrogens (tertiary/aromatic N) is 2. The van der Waals surface area contributed by atoms with Crippen LogP contribution in [0.4, 0.5) is 0 Å². The summed E-state index contributed by atoms with van der Waals surface area (Å²) in [5.74, 6) is 0. The molecule has 1 rings (SSSR count). The van der Waals surface area contributed by atoms with Gasteiger partial charge in [0.15, 0.2) is 0 Å². The smallest absolute Gasteiger partial charge is 0.0887 e. The summed E-state index contributed by atoms with van der Waals surface area (Å²) in [5, 5.41) is 0.727. The number of rotatable bonds is 3. The van der Waals surface area contributed by atoms with Crippen LogP contribution < -0.4 is 0 Å². The number of hydrogen-bond acceptors (Lipinski definition) is 3. The van der Waals surface area contributed by atoms with E-state index in [2.05, 4.69) is 42.9 Å². The van der Waals surface area contributed by atoms with Gasteiger partial charge in [0.25, 0.3) is 0 Å². The van der Waals surface area contributed by atoms with E-state index in [0.717, 1.165) is 23.8 Å². The minimum atomic E-state index is 0.727. The first-order valence-electron chi connectivity index (χ1n) is 6.03. The van der Waals surface area contributed by atoms with E-state index in [9.17, 15) is 0 Å². The molecule has 94 valence electrons. The molecule has 0 aliphatic carbocycles. The molecule has 0 atom stereocenters. The largest absolute Gasteiger partial charge is 0.367 e. The first-order chi connectivity index (χ1) is 8.04. The fourth-order valence-corrected chi connectivity index (χ4v) is 1.88. The van der Waals surface area contributed by atoms with Crippen molar-refractivity contribution >= 4 is 18.8 Å². The predicted octanol–water partition coefficient (Wildman–Crippen LogP) is 3.79. The molecular formula is C14H22N2S. The van der Waals surface area contributed by atoms with Gasteiger partial charge in [0.2, 0.25) is 0 Å². The topological polar surface area (TPSA) is 15.6 Å². The molecule has 1 aliphatic heterocycles. The summed E-state index contributed by atoms with van der Waals surface area (Å²) >= 11 is 4.21. The highest BCUT2D eigenvalue weighted by atomic mass is 32.1. The van der Waals surface area contributed by atoms with Crippen LogP contribution in [-0.2, 0) is 0 Å². The third-order valence-electron chi connectivity index (χ3n) is 3.01. The Bertz CT molecular complexity index is 374. The van der Waals surface area contributed by atoms with Gasteiger partial charge in [-0.05, 0) is 33.6 Å². The van der Waals surface area contributed by atoms with Gasteiger partial charge in [-0.2, -0.15) is 0 Å². The SMILES string of the molecule is C=C(C=N/C(S)=C\C)N1CCCC(=C(C)C)C1. The van der Waals surface area contributed by atoms with E-state index in [0.29, 0.717) is 0 Å². The molecule has 0 radical (unpaired) electrons. The Morgan fingerprint density at radius 3 is 2.76 bits per heavy atom. The molecule has 1 heterocycles. The highest BCUT2D eigenvalue weighted by molar-refractivity contribution is 7.84. The number of likely N-dealkylation sites (tertiary alicyclic amines) is 1. The van der Waals surface area contributed by atoms with Crippen molar-refractivity contribution in [3.8, 4) is 0 Å². The van der Waals surface area contributed by atoms with Crippen molar-refractivity contribution in [3.05, 3.63) is 34.5 Å². The number of piperidine rings is 1. The summed E-state index contributed by atoms with van der Waals surface area (Å²) < 4.78 is 0. The van der Waals surface area contributed by atoms with Crippen LogP contribution in [0.15, 0.2) is 39.5 Å². The second-order valence-corrected chi connectivity index (χ2v) is 4.98. The van der Waals surface area contributed by atoms with E-state index in [1.54, 1.807) is 6.21 Å². The van der Waals surface area contributed by atoms with Gasteiger partial charge in [-0.3, -0.25) is 0 Å². The summed E-state index contributed by atoms with van der Waals surface area (Å²) in [6.07, 6.45) is 6.08. The molecule has 0 amide bonds. The van der Waals surface area contributed by atoms with Crippen molar-refractivity contribution in [1.82, 2.24) is 4.90 Å². The lowest BCUT2D eigenvalue weighted by Crippen LogP contribution is -2.31. The molecule has 0 saturated carbocycles. The summed E-state index contributed by atoms with van der Waals surface area (Å²) in [6.45, 7) is 12.4. The Kier molecular flexibility index (Phi) is 5.56. The quantitative estimate of drug-likeness (QED) is 0.457. The summed E-state index contributed by atoms with van der Waals surface area (Å²) in [7, 11) is 0. The van der Waals surface area contributed by atoms with Crippen LogP contribution in [0.25, 0.3) is 0 Å². The van der Waals surface area contributed by atoms with Crippen molar-refractivity contribution in [2.75, 3.05) is 13.1 Å². The standard InChI is InChI=1S/C14H22N2S/c1-5-14(17)15-9-12(4)16-8-6-7-13(10-16)11(2)3/h5,9,17H,4,6-8,10H2,1-3H3/b14-5+,15-9?. The minimum absolute atomic E-state index is 0.727. The lowest BCUT2D eigenvalue weighted by molar-refractivity contribution is 0.346. The minimum Gasteiger partial charge on any atom is -0.367 e. The third kappa shape index (κ3) is 4.43. The van der Waals surface area contributed by atoms with E-state index in [-0.39, 0.29) is 0 Å². The molecule has 0 bridgehead atoms. The fourth-order valence-electron chi connectivity index (χ4n) is 1.82. The van der Waals surface area contributed by atoms with Gasteiger partial charge in [0, 0.05) is 18.8 Å². The normalized spacial score (nSPS) is 17.8. The van der Waals surface area contributed by atoms with Crippen LogP contribution >= 0.6 is 12.6 Å². The lowest BCUT2D eigenvalue weighted by Gasteiger charge is -2.31. The Balaban J connectivity index is 2.65. The molecule has 0 unspecified atom stereocenters. The van der Waals surface area contributed by atoms with Gasteiger partial charge < -0.3 is 4.90 Å². The average Bonchev–Trinajstić information content (AvgIpc) is 2.35. The van der Waals surface area contributed by atoms with Crippen molar-refractivity contribution in [3.63, 3.8) is 0 Å². The molecule has 2 nitrogen and oxygen atoms in total. The van der Waals surface area contributed by atoms with E-state index < -0.39 is 0 Å². The van der Waals surface area contributed by atoms with Crippen molar-refractivity contribution in [2.24, 2.45) is 4.99 Å². The average molecular weight is 250 g/mol. The Morgan fingerprint density at radius 2 is 2.18 bits per heavy atom. The van der Waals surface area contributed by atoms with Crippen molar-refractivity contribution in [2.45, 2.75) is 33.6 Å². The highest BCUT2D eigenvalue weighted by Crippen LogP contribution is 2.21. The van der Waals surface area contributed by atoms with Gasteiger partial charge >= 0.3 is 0 Å². The van der Waals surface area contributed by atoms with Crippen LogP contribution in [0.1, 0.15) is 33.6 Å². The maximum Gasteiger partial charge on any atom is 0.0887 e. The Hall–Kier alpha value is -0.960. The van der Waals surface area contributed by atoms with Crippen LogP contribution in [-0.4, -0.2) is 24.2 Å². The zero-order valence-corrected chi connectivity index (χ0v) is 11.9. The Labute approximate surface area is 110 Å². The maximum absolute atomic E-state index is 4.23. The highest BCUT2D eigenvalue weighted by Gasteiger charge is 2.15. The molecule has 3 heteroatoms. The zero-order chi connectivity index (χ0) is 12.8. The zero-order valence-electron chi connectivity index (χ0n) is 11.0. The van der Waals surface area contributed by atoms with Crippen LogP contribution in [0, 0.1) is 0 Å². The van der Waals surface area contributed by atoms with Gasteiger partial charge in [-0.1, -0.05) is 23.8 Å². The Morgan fingerprint density at radius 1 is 1.47 bits per heavy atom.